The minimum atomic E-state index is -0.233. The van der Waals surface area contributed by atoms with Gasteiger partial charge in [-0.3, -0.25) is 0 Å². The van der Waals surface area contributed by atoms with Crippen molar-refractivity contribution >= 4 is 21.9 Å². The van der Waals surface area contributed by atoms with E-state index in [-0.39, 0.29) is 5.82 Å². The first-order valence-corrected chi connectivity index (χ1v) is 7.69. The summed E-state index contributed by atoms with van der Waals surface area (Å²) in [6.07, 6.45) is 3.95. The van der Waals surface area contributed by atoms with Crippen LogP contribution in [0, 0.1) is 5.82 Å². The molecule has 0 spiro atoms. The summed E-state index contributed by atoms with van der Waals surface area (Å²) in [7, 11) is 0. The van der Waals surface area contributed by atoms with E-state index in [0.717, 1.165) is 46.2 Å². The standard InChI is InChI=1S/C18H13FN4/c19-11-5-8-16-17(9-11)23(12-6-7-12)18(21-16)14-10-20-22-15-4-2-1-3-13(14)15/h1-5,8-10,12H,6-7H2. The number of nitrogens with zero attached hydrogens (tertiary/aromatic N) is 4. The first-order chi connectivity index (χ1) is 11.3. The number of hydrogen-bond acceptors (Lipinski definition) is 3. The molecule has 0 saturated heterocycles. The van der Waals surface area contributed by atoms with Gasteiger partial charge in [0.15, 0.2) is 0 Å². The number of hydrogen-bond donors (Lipinski definition) is 0. The van der Waals surface area contributed by atoms with Crippen LogP contribution in [-0.2, 0) is 0 Å². The summed E-state index contributed by atoms with van der Waals surface area (Å²) in [5.74, 6) is 0.614. The smallest absolute Gasteiger partial charge is 0.143 e. The maximum absolute atomic E-state index is 13.7. The predicted molar refractivity (Wildman–Crippen MR) is 86.5 cm³/mol. The molecule has 1 aliphatic rings. The van der Waals surface area contributed by atoms with Crippen molar-refractivity contribution in [3.63, 3.8) is 0 Å². The second-order valence-electron chi connectivity index (χ2n) is 5.95. The average Bonchev–Trinajstić information content (AvgIpc) is 3.35. The van der Waals surface area contributed by atoms with Crippen molar-refractivity contribution in [1.82, 2.24) is 19.7 Å². The zero-order chi connectivity index (χ0) is 15.4. The SMILES string of the molecule is Fc1ccc2nc(-c3cnnc4ccccc34)n(C3CC3)c2c1. The Bertz CT molecular complexity index is 1040. The fourth-order valence-electron chi connectivity index (χ4n) is 3.14. The molecule has 0 N–H and O–H groups in total. The molecule has 5 heteroatoms. The van der Waals surface area contributed by atoms with E-state index in [1.807, 2.05) is 24.3 Å². The highest BCUT2D eigenvalue weighted by Gasteiger charge is 2.29. The molecule has 0 radical (unpaired) electrons. The monoisotopic (exact) mass is 304 g/mol. The number of fused-ring (bicyclic) bond motifs is 2. The second-order valence-corrected chi connectivity index (χ2v) is 5.95. The Hall–Kier alpha value is -2.82. The molecule has 0 bridgehead atoms. The van der Waals surface area contributed by atoms with E-state index in [4.69, 9.17) is 4.98 Å². The Morgan fingerprint density at radius 1 is 1.04 bits per heavy atom. The summed E-state index contributed by atoms with van der Waals surface area (Å²) >= 11 is 0. The highest BCUT2D eigenvalue weighted by molar-refractivity contribution is 5.94. The highest BCUT2D eigenvalue weighted by Crippen LogP contribution is 2.42. The van der Waals surface area contributed by atoms with Crippen LogP contribution in [0.2, 0.25) is 0 Å². The van der Waals surface area contributed by atoms with Crippen LogP contribution in [0.15, 0.2) is 48.7 Å². The summed E-state index contributed by atoms with van der Waals surface area (Å²) in [5, 5.41) is 9.31. The first-order valence-electron chi connectivity index (χ1n) is 7.69. The first kappa shape index (κ1) is 12.7. The molecule has 2 aromatic carbocycles. The van der Waals surface area contributed by atoms with Gasteiger partial charge in [-0.15, -0.1) is 0 Å². The van der Waals surface area contributed by atoms with Crippen LogP contribution in [-0.4, -0.2) is 19.7 Å². The van der Waals surface area contributed by atoms with Crippen LogP contribution in [0.5, 0.6) is 0 Å². The predicted octanol–water partition coefficient (Wildman–Crippen LogP) is 4.12. The van der Waals surface area contributed by atoms with Gasteiger partial charge in [-0.2, -0.15) is 10.2 Å². The van der Waals surface area contributed by atoms with Gasteiger partial charge in [-0.1, -0.05) is 18.2 Å². The fraction of sp³-hybridized carbons (Fsp3) is 0.167. The van der Waals surface area contributed by atoms with Crippen molar-refractivity contribution in [3.05, 3.63) is 54.5 Å². The lowest BCUT2D eigenvalue weighted by Crippen LogP contribution is -1.99. The Morgan fingerprint density at radius 3 is 2.78 bits per heavy atom. The van der Waals surface area contributed by atoms with Crippen molar-refractivity contribution in [2.24, 2.45) is 0 Å². The van der Waals surface area contributed by atoms with Crippen molar-refractivity contribution < 1.29 is 4.39 Å². The molecule has 0 amide bonds. The lowest BCUT2D eigenvalue weighted by molar-refractivity contribution is 0.628. The summed E-state index contributed by atoms with van der Waals surface area (Å²) < 4.78 is 15.9. The Balaban J connectivity index is 1.87. The molecule has 1 fully saturated rings. The topological polar surface area (TPSA) is 43.6 Å². The maximum Gasteiger partial charge on any atom is 0.143 e. The number of rotatable bonds is 2. The minimum absolute atomic E-state index is 0.233. The van der Waals surface area contributed by atoms with Gasteiger partial charge in [-0.05, 0) is 37.1 Å². The van der Waals surface area contributed by atoms with Gasteiger partial charge in [-0.25, -0.2) is 9.37 Å². The molecule has 2 heterocycles. The van der Waals surface area contributed by atoms with Gasteiger partial charge >= 0.3 is 0 Å². The Kier molecular flexibility index (Phi) is 2.53. The van der Waals surface area contributed by atoms with E-state index in [1.54, 1.807) is 18.3 Å². The number of aromatic nitrogens is 4. The van der Waals surface area contributed by atoms with E-state index >= 15 is 0 Å². The maximum atomic E-state index is 13.7. The molecule has 5 rings (SSSR count). The number of imidazole rings is 1. The molecule has 112 valence electrons. The zero-order valence-electron chi connectivity index (χ0n) is 12.3. The van der Waals surface area contributed by atoms with Gasteiger partial charge in [0.25, 0.3) is 0 Å². The lowest BCUT2D eigenvalue weighted by atomic mass is 10.1. The zero-order valence-corrected chi connectivity index (χ0v) is 12.3. The van der Waals surface area contributed by atoms with Crippen molar-refractivity contribution in [1.29, 1.82) is 0 Å². The normalized spacial score (nSPS) is 14.7. The Labute approximate surface area is 131 Å². The molecular weight excluding hydrogens is 291 g/mol. The number of halogens is 1. The quantitative estimate of drug-likeness (QED) is 0.559. The molecule has 0 atom stereocenters. The van der Waals surface area contributed by atoms with Gasteiger partial charge in [0.2, 0.25) is 0 Å². The van der Waals surface area contributed by atoms with E-state index in [9.17, 15) is 4.39 Å². The third kappa shape index (κ3) is 1.93. The van der Waals surface area contributed by atoms with E-state index in [1.165, 1.54) is 6.07 Å². The third-order valence-corrected chi connectivity index (χ3v) is 4.35. The highest BCUT2D eigenvalue weighted by atomic mass is 19.1. The molecule has 4 nitrogen and oxygen atoms in total. The van der Waals surface area contributed by atoms with E-state index in [2.05, 4.69) is 14.8 Å². The molecule has 1 saturated carbocycles. The van der Waals surface area contributed by atoms with Gasteiger partial charge in [0, 0.05) is 17.0 Å². The molecule has 0 aliphatic heterocycles. The van der Waals surface area contributed by atoms with Crippen LogP contribution >= 0.6 is 0 Å². The van der Waals surface area contributed by atoms with Crippen LogP contribution in [0.3, 0.4) is 0 Å². The molecule has 0 unspecified atom stereocenters. The van der Waals surface area contributed by atoms with Crippen LogP contribution < -0.4 is 0 Å². The van der Waals surface area contributed by atoms with Crippen LogP contribution in [0.1, 0.15) is 18.9 Å². The van der Waals surface area contributed by atoms with Gasteiger partial charge < -0.3 is 4.57 Å². The second kappa shape index (κ2) is 4.59. The molecule has 4 aromatic rings. The third-order valence-electron chi connectivity index (χ3n) is 4.35. The van der Waals surface area contributed by atoms with Crippen LogP contribution in [0.25, 0.3) is 33.3 Å². The summed E-state index contributed by atoms with van der Waals surface area (Å²) in [4.78, 5) is 4.76. The fourth-order valence-corrected chi connectivity index (χ4v) is 3.14. The molecule has 2 aromatic heterocycles. The lowest BCUT2D eigenvalue weighted by Gasteiger charge is -2.09. The summed E-state index contributed by atoms with van der Waals surface area (Å²) in [6.45, 7) is 0. The molecular formula is C18H13FN4. The largest absolute Gasteiger partial charge is 0.321 e. The minimum Gasteiger partial charge on any atom is -0.321 e. The van der Waals surface area contributed by atoms with E-state index in [0.29, 0.717) is 6.04 Å². The van der Waals surface area contributed by atoms with Crippen molar-refractivity contribution in [3.8, 4) is 11.4 Å². The van der Waals surface area contributed by atoms with Crippen molar-refractivity contribution in [2.45, 2.75) is 18.9 Å². The average molecular weight is 304 g/mol. The van der Waals surface area contributed by atoms with Gasteiger partial charge in [0.1, 0.15) is 11.6 Å². The molecule has 23 heavy (non-hydrogen) atoms. The molecule has 1 aliphatic carbocycles. The van der Waals surface area contributed by atoms with Gasteiger partial charge in [0.05, 0.1) is 22.7 Å². The number of benzene rings is 2. The van der Waals surface area contributed by atoms with Crippen molar-refractivity contribution in [2.75, 3.05) is 0 Å². The van der Waals surface area contributed by atoms with Crippen LogP contribution in [0.4, 0.5) is 4.39 Å². The summed E-state index contributed by atoms with van der Waals surface area (Å²) in [6, 6.07) is 13.1. The summed E-state index contributed by atoms with van der Waals surface area (Å²) in [5.41, 5.74) is 3.45. The van der Waals surface area contributed by atoms with E-state index < -0.39 is 0 Å². The Morgan fingerprint density at radius 2 is 1.91 bits per heavy atom.